The summed E-state index contributed by atoms with van der Waals surface area (Å²) in [6.07, 6.45) is 5.77. The highest BCUT2D eigenvalue weighted by molar-refractivity contribution is 6.08. The molecule has 4 aliphatic heterocycles. The Labute approximate surface area is 322 Å². The monoisotopic (exact) mass is 742 g/mol. The third-order valence-corrected chi connectivity index (χ3v) is 13.6. The molecule has 0 aromatic heterocycles. The molecule has 2 aliphatic carbocycles. The number of piperidine rings is 2. The average molecular weight is 743 g/mol. The fraction of sp³-hybridized carbons (Fsp3) is 0.467. The summed E-state index contributed by atoms with van der Waals surface area (Å²) in [5.41, 5.74) is 4.17. The molecule has 286 valence electrons. The van der Waals surface area contributed by atoms with Gasteiger partial charge in [0, 0.05) is 57.3 Å². The van der Waals surface area contributed by atoms with Gasteiger partial charge in [-0.2, -0.15) is 0 Å². The van der Waals surface area contributed by atoms with Gasteiger partial charge in [0.2, 0.25) is 23.6 Å². The number of rotatable bonds is 8. The molecule has 1 N–H and O–H groups in total. The van der Waals surface area contributed by atoms with Crippen LogP contribution in [-0.4, -0.2) is 93.7 Å². The van der Waals surface area contributed by atoms with Gasteiger partial charge in [0.05, 0.1) is 30.8 Å². The maximum atomic E-state index is 14.7. The van der Waals surface area contributed by atoms with E-state index in [4.69, 9.17) is 4.74 Å². The molecule has 55 heavy (non-hydrogen) atoms. The molecule has 3 aromatic carbocycles. The summed E-state index contributed by atoms with van der Waals surface area (Å²) in [5.74, 6) is -3.37. The van der Waals surface area contributed by atoms with Gasteiger partial charge in [-0.3, -0.25) is 38.8 Å². The molecule has 0 radical (unpaired) electrons. The maximum Gasteiger partial charge on any atom is 0.234 e. The lowest BCUT2D eigenvalue weighted by Gasteiger charge is -2.44. The van der Waals surface area contributed by atoms with Crippen molar-refractivity contribution in [2.75, 3.05) is 33.3 Å². The van der Waals surface area contributed by atoms with Crippen LogP contribution < -0.4 is 4.74 Å². The van der Waals surface area contributed by atoms with Crippen LogP contribution in [0.5, 0.6) is 11.5 Å². The number of hydrogen-bond acceptors (Lipinski definition) is 8. The Kier molecular flexibility index (Phi) is 9.58. The van der Waals surface area contributed by atoms with Gasteiger partial charge >= 0.3 is 0 Å². The molecule has 0 bridgehead atoms. The molecule has 4 saturated heterocycles. The first-order chi connectivity index (χ1) is 26.8. The summed E-state index contributed by atoms with van der Waals surface area (Å²) in [4.78, 5) is 66.0. The predicted molar refractivity (Wildman–Crippen MR) is 205 cm³/mol. The first-order valence-electron chi connectivity index (χ1n) is 20.1. The van der Waals surface area contributed by atoms with Crippen LogP contribution in [0.4, 0.5) is 0 Å². The molecule has 0 unspecified atom stereocenters. The Balaban J connectivity index is 0.971. The standard InChI is InChI=1S/C45H50N4O6/c1-55-38-15-12-30(24-37(38)50)39-33-13-14-34-40(44(53)48(42(34)51)31-16-20-46(21-17-31)26-28-8-4-2-5-9-28)35(33)25-36-41(39)45(54)49(43(36)52)32-18-22-47(23-19-32)27-29-10-6-3-7-11-29/h2-13,15,24,31-32,34-36,39-41,50H,14,16-23,25-27H2,1H3/t34-,35+,36+,39-,40-,41+/m0/s1. The van der Waals surface area contributed by atoms with Crippen LogP contribution >= 0.6 is 0 Å². The Morgan fingerprint density at radius 1 is 0.636 bits per heavy atom. The smallest absolute Gasteiger partial charge is 0.234 e. The second kappa shape index (κ2) is 14.7. The van der Waals surface area contributed by atoms with Crippen molar-refractivity contribution in [3.05, 3.63) is 107 Å². The normalized spacial score (nSPS) is 29.3. The van der Waals surface area contributed by atoms with Crippen LogP contribution in [0, 0.1) is 29.6 Å². The number of ether oxygens (including phenoxy) is 1. The Hall–Kier alpha value is -4.80. The number of amides is 4. The summed E-state index contributed by atoms with van der Waals surface area (Å²) >= 11 is 0. The zero-order chi connectivity index (χ0) is 37.8. The highest BCUT2D eigenvalue weighted by Gasteiger charge is 2.63. The number of methoxy groups -OCH3 is 1. The van der Waals surface area contributed by atoms with Gasteiger partial charge < -0.3 is 9.84 Å². The van der Waals surface area contributed by atoms with Gasteiger partial charge in [0.15, 0.2) is 11.5 Å². The largest absolute Gasteiger partial charge is 0.504 e. The van der Waals surface area contributed by atoms with Gasteiger partial charge in [0.25, 0.3) is 0 Å². The van der Waals surface area contributed by atoms with Gasteiger partial charge in [-0.25, -0.2) is 0 Å². The van der Waals surface area contributed by atoms with Gasteiger partial charge in [-0.05, 0) is 73.3 Å². The van der Waals surface area contributed by atoms with Gasteiger partial charge in [-0.1, -0.05) is 78.4 Å². The second-order valence-electron chi connectivity index (χ2n) is 16.5. The van der Waals surface area contributed by atoms with Crippen LogP contribution in [0.3, 0.4) is 0 Å². The minimum Gasteiger partial charge on any atom is -0.504 e. The average Bonchev–Trinajstić information content (AvgIpc) is 3.62. The van der Waals surface area contributed by atoms with E-state index in [2.05, 4.69) is 40.1 Å². The van der Waals surface area contributed by atoms with E-state index in [9.17, 15) is 24.3 Å². The third kappa shape index (κ3) is 6.37. The number of fused-ring (bicyclic) bond motifs is 4. The predicted octanol–water partition coefficient (Wildman–Crippen LogP) is 5.37. The fourth-order valence-corrected chi connectivity index (χ4v) is 11.0. The van der Waals surface area contributed by atoms with Crippen molar-refractivity contribution in [1.29, 1.82) is 0 Å². The van der Waals surface area contributed by atoms with E-state index in [0.29, 0.717) is 31.4 Å². The summed E-state index contributed by atoms with van der Waals surface area (Å²) in [5, 5.41) is 10.9. The van der Waals surface area contributed by atoms with Crippen LogP contribution in [0.2, 0.25) is 0 Å². The van der Waals surface area contributed by atoms with Crippen molar-refractivity contribution in [1.82, 2.24) is 19.6 Å². The molecular formula is C45H50N4O6. The summed E-state index contributed by atoms with van der Waals surface area (Å²) in [6, 6.07) is 25.6. The quantitative estimate of drug-likeness (QED) is 0.243. The molecule has 6 aliphatic rings. The van der Waals surface area contributed by atoms with Crippen LogP contribution in [0.15, 0.2) is 90.5 Å². The molecule has 10 nitrogen and oxygen atoms in total. The van der Waals surface area contributed by atoms with Crippen molar-refractivity contribution in [3.63, 3.8) is 0 Å². The Morgan fingerprint density at radius 2 is 1.16 bits per heavy atom. The van der Waals surface area contributed by atoms with Crippen LogP contribution in [0.1, 0.15) is 61.1 Å². The number of carbonyl (C=O) groups is 4. The fourth-order valence-electron chi connectivity index (χ4n) is 11.0. The van der Waals surface area contributed by atoms with Crippen molar-refractivity contribution >= 4 is 23.6 Å². The molecule has 4 amide bonds. The SMILES string of the molecule is COc1ccc([C@H]2C3=CC[C@@H]4C(=O)N(C5CCN(Cc6ccccc6)CC5)C(=O)[C@@H]4[C@@H]3C[C@H]3C(=O)N(C4CCN(Cc5ccccc5)CC4)C(=O)[C@@H]23)cc1O. The van der Waals surface area contributed by atoms with Crippen molar-refractivity contribution in [2.24, 2.45) is 29.6 Å². The number of hydrogen-bond donors (Lipinski definition) is 1. The van der Waals surface area contributed by atoms with E-state index in [1.165, 1.54) is 18.2 Å². The van der Waals surface area contributed by atoms with Gasteiger partial charge in [-0.15, -0.1) is 0 Å². The number of imide groups is 2. The number of likely N-dealkylation sites (tertiary alicyclic amines) is 4. The third-order valence-electron chi connectivity index (χ3n) is 13.6. The Bertz CT molecular complexity index is 1990. The molecule has 5 fully saturated rings. The molecule has 4 heterocycles. The van der Waals surface area contributed by atoms with Crippen LogP contribution in [-0.2, 0) is 32.3 Å². The minimum atomic E-state index is -0.640. The zero-order valence-electron chi connectivity index (χ0n) is 31.5. The van der Waals surface area contributed by atoms with Gasteiger partial charge in [0.1, 0.15) is 0 Å². The molecule has 1 saturated carbocycles. The zero-order valence-corrected chi connectivity index (χ0v) is 31.5. The highest BCUT2D eigenvalue weighted by atomic mass is 16.5. The van der Waals surface area contributed by atoms with E-state index < -0.39 is 29.6 Å². The molecular weight excluding hydrogens is 693 g/mol. The number of nitrogens with zero attached hydrogens (tertiary/aromatic N) is 4. The summed E-state index contributed by atoms with van der Waals surface area (Å²) in [7, 11) is 1.50. The lowest BCUT2D eigenvalue weighted by atomic mass is 9.57. The minimum absolute atomic E-state index is 0.0377. The van der Waals surface area contributed by atoms with E-state index in [1.54, 1.807) is 21.9 Å². The number of aromatic hydroxyl groups is 1. The number of carbonyl (C=O) groups excluding carboxylic acids is 4. The van der Waals surface area contributed by atoms with Crippen molar-refractivity contribution in [2.45, 2.75) is 69.6 Å². The lowest BCUT2D eigenvalue weighted by molar-refractivity contribution is -0.146. The Morgan fingerprint density at radius 3 is 1.69 bits per heavy atom. The van der Waals surface area contributed by atoms with Crippen LogP contribution in [0.25, 0.3) is 0 Å². The molecule has 6 atom stereocenters. The number of phenols is 1. The lowest BCUT2D eigenvalue weighted by Crippen LogP contribution is -2.48. The second-order valence-corrected chi connectivity index (χ2v) is 16.5. The number of allylic oxidation sites excluding steroid dienone is 2. The van der Waals surface area contributed by atoms with E-state index in [1.807, 2.05) is 42.5 Å². The first-order valence-corrected chi connectivity index (χ1v) is 20.1. The van der Waals surface area contributed by atoms with Crippen molar-refractivity contribution in [3.8, 4) is 11.5 Å². The molecule has 0 spiro atoms. The van der Waals surface area contributed by atoms with E-state index in [-0.39, 0.29) is 47.4 Å². The van der Waals surface area contributed by atoms with E-state index >= 15 is 0 Å². The highest BCUT2D eigenvalue weighted by Crippen LogP contribution is 2.59. The maximum absolute atomic E-state index is 14.7. The molecule has 9 rings (SSSR count). The topological polar surface area (TPSA) is 111 Å². The number of phenolic OH excluding ortho intramolecular Hbond substituents is 1. The summed E-state index contributed by atoms with van der Waals surface area (Å²) in [6.45, 7) is 4.87. The first kappa shape index (κ1) is 35.9. The summed E-state index contributed by atoms with van der Waals surface area (Å²) < 4.78 is 5.36. The van der Waals surface area contributed by atoms with E-state index in [0.717, 1.165) is 63.2 Å². The molecule has 3 aromatic rings. The number of benzene rings is 3. The van der Waals surface area contributed by atoms with Crippen molar-refractivity contribution < 1.29 is 29.0 Å². The molecule has 10 heteroatoms.